The molecule has 0 radical (unpaired) electrons. The number of benzene rings is 1. The van der Waals surface area contributed by atoms with E-state index in [4.69, 9.17) is 0 Å². The van der Waals surface area contributed by atoms with Gasteiger partial charge in [-0.2, -0.15) is 0 Å². The van der Waals surface area contributed by atoms with E-state index in [9.17, 15) is 9.50 Å². The summed E-state index contributed by atoms with van der Waals surface area (Å²) in [5, 5.41) is 16.5. The summed E-state index contributed by atoms with van der Waals surface area (Å²) in [6.45, 7) is 9.39. The molecule has 1 aromatic carbocycles. The Kier molecular flexibility index (Phi) is 4.07. The maximum absolute atomic E-state index is 13.2. The van der Waals surface area contributed by atoms with E-state index in [0.29, 0.717) is 12.6 Å². The highest BCUT2D eigenvalue weighted by Crippen LogP contribution is 2.28. The van der Waals surface area contributed by atoms with Gasteiger partial charge in [-0.1, -0.05) is 0 Å². The van der Waals surface area contributed by atoms with Crippen molar-refractivity contribution < 1.29 is 9.50 Å². The lowest BCUT2D eigenvalue weighted by atomic mass is 9.79. The Labute approximate surface area is 120 Å². The molecular weight excluding hydrogens is 255 g/mol. The van der Waals surface area contributed by atoms with Gasteiger partial charge in [-0.25, -0.2) is 4.39 Å². The monoisotopic (exact) mass is 280 g/mol. The third-order valence-electron chi connectivity index (χ3n) is 3.73. The van der Waals surface area contributed by atoms with E-state index in [-0.39, 0.29) is 16.8 Å². The average molecular weight is 280 g/mol. The third-order valence-corrected chi connectivity index (χ3v) is 3.73. The third kappa shape index (κ3) is 4.18. The molecule has 0 spiro atoms. The van der Waals surface area contributed by atoms with Gasteiger partial charge in [0.1, 0.15) is 11.6 Å². The molecule has 1 heterocycles. The second-order valence-electron chi connectivity index (χ2n) is 7.20. The molecule has 1 saturated heterocycles. The number of aromatic hydroxyl groups is 1. The lowest BCUT2D eigenvalue weighted by Gasteiger charge is -2.46. The quantitative estimate of drug-likeness (QED) is 0.797. The SMILES string of the molecule is CC1(C)CC(NCc2cc(O)cc(F)c2)CC(C)(C)N1. The van der Waals surface area contributed by atoms with E-state index in [2.05, 4.69) is 38.3 Å². The smallest absolute Gasteiger partial charge is 0.127 e. The zero-order valence-electron chi connectivity index (χ0n) is 12.8. The van der Waals surface area contributed by atoms with Gasteiger partial charge in [0.25, 0.3) is 0 Å². The molecule has 0 aliphatic carbocycles. The lowest BCUT2D eigenvalue weighted by molar-refractivity contribution is 0.145. The van der Waals surface area contributed by atoms with Gasteiger partial charge < -0.3 is 15.7 Å². The summed E-state index contributed by atoms with van der Waals surface area (Å²) in [6.07, 6.45) is 2.05. The van der Waals surface area contributed by atoms with Crippen molar-refractivity contribution in [1.82, 2.24) is 10.6 Å². The molecule has 4 heteroatoms. The number of hydrogen-bond acceptors (Lipinski definition) is 3. The molecule has 0 aromatic heterocycles. The van der Waals surface area contributed by atoms with Crippen molar-refractivity contribution in [3.63, 3.8) is 0 Å². The van der Waals surface area contributed by atoms with Gasteiger partial charge in [-0.3, -0.25) is 0 Å². The van der Waals surface area contributed by atoms with E-state index in [1.165, 1.54) is 6.07 Å². The standard InChI is InChI=1S/C16H25FN2O/c1-15(2)8-13(9-16(3,4)19-15)18-10-11-5-12(17)7-14(20)6-11/h5-7,13,18-20H,8-10H2,1-4H3. The van der Waals surface area contributed by atoms with Crippen molar-refractivity contribution in [2.45, 2.75) is 64.2 Å². The highest BCUT2D eigenvalue weighted by molar-refractivity contribution is 5.28. The fraction of sp³-hybridized carbons (Fsp3) is 0.625. The molecule has 0 unspecified atom stereocenters. The Morgan fingerprint density at radius 1 is 1.20 bits per heavy atom. The number of phenols is 1. The van der Waals surface area contributed by atoms with E-state index >= 15 is 0 Å². The van der Waals surface area contributed by atoms with Crippen LogP contribution in [0.4, 0.5) is 4.39 Å². The molecule has 1 aromatic rings. The van der Waals surface area contributed by atoms with Gasteiger partial charge in [-0.05, 0) is 58.2 Å². The molecule has 0 atom stereocenters. The topological polar surface area (TPSA) is 44.3 Å². The molecule has 1 aliphatic heterocycles. The van der Waals surface area contributed by atoms with Crippen molar-refractivity contribution >= 4 is 0 Å². The highest BCUT2D eigenvalue weighted by atomic mass is 19.1. The molecule has 1 fully saturated rings. The number of phenolic OH excluding ortho intramolecular Hbond substituents is 1. The van der Waals surface area contributed by atoms with Crippen LogP contribution >= 0.6 is 0 Å². The van der Waals surface area contributed by atoms with Crippen LogP contribution in [0.2, 0.25) is 0 Å². The molecule has 0 amide bonds. The summed E-state index contributed by atoms with van der Waals surface area (Å²) < 4.78 is 13.2. The van der Waals surface area contributed by atoms with Gasteiger partial charge in [0, 0.05) is 29.7 Å². The maximum Gasteiger partial charge on any atom is 0.127 e. The van der Waals surface area contributed by atoms with Gasteiger partial charge in [-0.15, -0.1) is 0 Å². The predicted octanol–water partition coefficient (Wildman–Crippen LogP) is 2.93. The molecule has 20 heavy (non-hydrogen) atoms. The van der Waals surface area contributed by atoms with Crippen molar-refractivity contribution in [2.24, 2.45) is 0 Å². The summed E-state index contributed by atoms with van der Waals surface area (Å²) >= 11 is 0. The number of halogens is 1. The van der Waals surface area contributed by atoms with Crippen molar-refractivity contribution in [2.75, 3.05) is 0 Å². The first-order valence-corrected chi connectivity index (χ1v) is 7.16. The van der Waals surface area contributed by atoms with E-state index in [0.717, 1.165) is 24.5 Å². The number of piperidine rings is 1. The molecular formula is C16H25FN2O. The van der Waals surface area contributed by atoms with Crippen molar-refractivity contribution in [1.29, 1.82) is 0 Å². The Hall–Kier alpha value is -1.13. The van der Waals surface area contributed by atoms with Gasteiger partial charge >= 0.3 is 0 Å². The van der Waals surface area contributed by atoms with Crippen LogP contribution in [0.3, 0.4) is 0 Å². The Bertz CT molecular complexity index is 449. The van der Waals surface area contributed by atoms with Crippen LogP contribution in [0.15, 0.2) is 18.2 Å². The first kappa shape index (κ1) is 15.3. The van der Waals surface area contributed by atoms with E-state index in [1.807, 2.05) is 0 Å². The van der Waals surface area contributed by atoms with E-state index < -0.39 is 5.82 Å². The molecule has 2 rings (SSSR count). The molecule has 1 aliphatic rings. The molecule has 0 saturated carbocycles. The van der Waals surface area contributed by atoms with E-state index in [1.54, 1.807) is 6.07 Å². The Balaban J connectivity index is 1.99. The number of hydrogen-bond donors (Lipinski definition) is 3. The minimum atomic E-state index is -0.396. The second kappa shape index (κ2) is 5.34. The minimum Gasteiger partial charge on any atom is -0.508 e. The summed E-state index contributed by atoms with van der Waals surface area (Å²) in [5.74, 6) is -0.416. The molecule has 0 bridgehead atoms. The van der Waals surface area contributed by atoms with Crippen LogP contribution in [0.5, 0.6) is 5.75 Å². The maximum atomic E-state index is 13.2. The van der Waals surface area contributed by atoms with Crippen LogP contribution in [0.25, 0.3) is 0 Å². The normalized spacial score (nSPS) is 21.9. The summed E-state index contributed by atoms with van der Waals surface area (Å²) in [7, 11) is 0. The van der Waals surface area contributed by atoms with Crippen LogP contribution in [0, 0.1) is 5.82 Å². The number of rotatable bonds is 3. The average Bonchev–Trinajstić information content (AvgIpc) is 2.20. The fourth-order valence-electron chi connectivity index (χ4n) is 3.46. The molecule has 3 N–H and O–H groups in total. The van der Waals surface area contributed by atoms with Crippen molar-refractivity contribution in [3.8, 4) is 5.75 Å². The zero-order chi connectivity index (χ0) is 15.0. The van der Waals surface area contributed by atoms with Gasteiger partial charge in [0.05, 0.1) is 0 Å². The summed E-state index contributed by atoms with van der Waals surface area (Å²) in [6, 6.07) is 4.57. The second-order valence-corrected chi connectivity index (χ2v) is 7.20. The van der Waals surface area contributed by atoms with Crippen LogP contribution < -0.4 is 10.6 Å². The molecule has 3 nitrogen and oxygen atoms in total. The summed E-state index contributed by atoms with van der Waals surface area (Å²) in [4.78, 5) is 0. The fourth-order valence-corrected chi connectivity index (χ4v) is 3.46. The summed E-state index contributed by atoms with van der Waals surface area (Å²) in [5.41, 5.74) is 0.948. The van der Waals surface area contributed by atoms with Crippen LogP contribution in [-0.2, 0) is 6.54 Å². The largest absolute Gasteiger partial charge is 0.508 e. The molecule has 112 valence electrons. The first-order valence-electron chi connectivity index (χ1n) is 7.16. The van der Waals surface area contributed by atoms with Gasteiger partial charge in [0.2, 0.25) is 0 Å². The minimum absolute atomic E-state index is 0.0206. The Morgan fingerprint density at radius 3 is 2.35 bits per heavy atom. The highest BCUT2D eigenvalue weighted by Gasteiger charge is 2.37. The number of nitrogens with one attached hydrogen (secondary N) is 2. The van der Waals surface area contributed by atoms with Crippen LogP contribution in [-0.4, -0.2) is 22.2 Å². The Morgan fingerprint density at radius 2 is 1.80 bits per heavy atom. The predicted molar refractivity (Wildman–Crippen MR) is 79.2 cm³/mol. The van der Waals surface area contributed by atoms with Crippen LogP contribution in [0.1, 0.15) is 46.1 Å². The zero-order valence-corrected chi connectivity index (χ0v) is 12.8. The lowest BCUT2D eigenvalue weighted by Crippen LogP contribution is -2.61. The first-order chi connectivity index (χ1) is 9.15. The van der Waals surface area contributed by atoms with Crippen molar-refractivity contribution in [3.05, 3.63) is 29.6 Å². The van der Waals surface area contributed by atoms with Gasteiger partial charge in [0.15, 0.2) is 0 Å².